The summed E-state index contributed by atoms with van der Waals surface area (Å²) in [5.41, 5.74) is 2.83. The number of benzene rings is 3. The second-order valence-electron chi connectivity index (χ2n) is 7.97. The molecule has 4 amide bonds. The summed E-state index contributed by atoms with van der Waals surface area (Å²) in [5, 5.41) is 2.23. The van der Waals surface area contributed by atoms with Gasteiger partial charge < -0.3 is 9.47 Å². The SMILES string of the molecule is CCOc1cc(/C=C2\C(=O)NC(=O)N(c3ccc(Br)cc3)C2=O)cc(Br)c1OCc1cccc(C)c1. The Morgan fingerprint density at radius 2 is 1.72 bits per heavy atom. The van der Waals surface area contributed by atoms with Crippen LogP contribution in [-0.2, 0) is 16.2 Å². The molecule has 0 atom stereocenters. The normalized spacial score (nSPS) is 14.7. The zero-order valence-corrected chi connectivity index (χ0v) is 22.7. The van der Waals surface area contributed by atoms with Crippen molar-refractivity contribution in [3.05, 3.63) is 91.9 Å². The van der Waals surface area contributed by atoms with Crippen LogP contribution in [0.1, 0.15) is 23.6 Å². The predicted octanol–water partition coefficient (Wildman–Crippen LogP) is 6.16. The standard InChI is InChI=1S/C27H22Br2N2O5/c1-3-35-23-14-18(13-22(29)24(23)36-15-17-6-4-5-16(2)11-17)12-21-25(32)30-27(34)31(26(21)33)20-9-7-19(28)8-10-20/h4-14H,3,15H2,1-2H3,(H,30,32,34)/b21-12+. The van der Waals surface area contributed by atoms with Crippen LogP contribution in [0.4, 0.5) is 10.5 Å². The van der Waals surface area contributed by atoms with E-state index in [1.54, 1.807) is 36.4 Å². The minimum atomic E-state index is -0.805. The van der Waals surface area contributed by atoms with E-state index in [2.05, 4.69) is 37.2 Å². The maximum Gasteiger partial charge on any atom is 0.335 e. The first kappa shape index (κ1) is 25.7. The molecule has 7 nitrogen and oxygen atoms in total. The van der Waals surface area contributed by atoms with Crippen molar-refractivity contribution in [3.63, 3.8) is 0 Å². The molecule has 36 heavy (non-hydrogen) atoms. The lowest BCUT2D eigenvalue weighted by Crippen LogP contribution is -2.54. The smallest absolute Gasteiger partial charge is 0.335 e. The number of urea groups is 1. The zero-order chi connectivity index (χ0) is 25.8. The molecule has 1 saturated heterocycles. The van der Waals surface area contributed by atoms with Gasteiger partial charge in [0, 0.05) is 4.47 Å². The summed E-state index contributed by atoms with van der Waals surface area (Å²) in [7, 11) is 0. The molecule has 0 unspecified atom stereocenters. The Kier molecular flexibility index (Phi) is 7.91. The number of rotatable bonds is 7. The van der Waals surface area contributed by atoms with Gasteiger partial charge in [-0.15, -0.1) is 0 Å². The van der Waals surface area contributed by atoms with Gasteiger partial charge in [0.15, 0.2) is 11.5 Å². The number of hydrogen-bond donors (Lipinski definition) is 1. The molecule has 3 aromatic rings. The molecule has 1 aliphatic heterocycles. The molecule has 0 radical (unpaired) electrons. The molecule has 1 heterocycles. The van der Waals surface area contributed by atoms with E-state index in [1.807, 2.05) is 38.1 Å². The first-order valence-electron chi connectivity index (χ1n) is 11.1. The van der Waals surface area contributed by atoms with Gasteiger partial charge in [-0.05, 0) is 83.4 Å². The van der Waals surface area contributed by atoms with Crippen molar-refractivity contribution in [2.45, 2.75) is 20.5 Å². The van der Waals surface area contributed by atoms with Crippen molar-refractivity contribution in [1.29, 1.82) is 0 Å². The van der Waals surface area contributed by atoms with Gasteiger partial charge in [-0.25, -0.2) is 9.69 Å². The van der Waals surface area contributed by atoms with Crippen LogP contribution in [0.25, 0.3) is 6.08 Å². The molecule has 0 aromatic heterocycles. The van der Waals surface area contributed by atoms with Crippen molar-refractivity contribution in [2.75, 3.05) is 11.5 Å². The molecule has 1 aliphatic rings. The van der Waals surface area contributed by atoms with E-state index in [4.69, 9.17) is 9.47 Å². The molecule has 1 fully saturated rings. The van der Waals surface area contributed by atoms with Crippen LogP contribution in [0, 0.1) is 6.92 Å². The number of carbonyl (C=O) groups excluding carboxylic acids is 3. The quantitative estimate of drug-likeness (QED) is 0.255. The number of imide groups is 2. The van der Waals surface area contributed by atoms with Crippen LogP contribution < -0.4 is 19.7 Å². The number of amides is 4. The first-order valence-corrected chi connectivity index (χ1v) is 12.7. The van der Waals surface area contributed by atoms with Crippen molar-refractivity contribution in [2.24, 2.45) is 0 Å². The third kappa shape index (κ3) is 5.68. The summed E-state index contributed by atoms with van der Waals surface area (Å²) >= 11 is 6.86. The van der Waals surface area contributed by atoms with E-state index < -0.39 is 17.8 Å². The summed E-state index contributed by atoms with van der Waals surface area (Å²) in [6.07, 6.45) is 1.42. The third-order valence-electron chi connectivity index (χ3n) is 5.29. The number of aryl methyl sites for hydroxylation is 1. The Labute approximate surface area is 225 Å². The lowest BCUT2D eigenvalue weighted by Gasteiger charge is -2.26. The predicted molar refractivity (Wildman–Crippen MR) is 144 cm³/mol. The lowest BCUT2D eigenvalue weighted by atomic mass is 10.1. The van der Waals surface area contributed by atoms with Gasteiger partial charge in [0.05, 0.1) is 16.8 Å². The van der Waals surface area contributed by atoms with Crippen LogP contribution in [0.15, 0.2) is 75.2 Å². The molecule has 184 valence electrons. The number of barbiturate groups is 1. The second-order valence-corrected chi connectivity index (χ2v) is 9.75. The van der Waals surface area contributed by atoms with E-state index in [0.29, 0.717) is 40.4 Å². The minimum Gasteiger partial charge on any atom is -0.490 e. The monoisotopic (exact) mass is 612 g/mol. The lowest BCUT2D eigenvalue weighted by molar-refractivity contribution is -0.122. The van der Waals surface area contributed by atoms with Gasteiger partial charge in [0.25, 0.3) is 11.8 Å². The first-order chi connectivity index (χ1) is 17.3. The fraction of sp³-hybridized carbons (Fsp3) is 0.148. The summed E-state index contributed by atoms with van der Waals surface area (Å²) < 4.78 is 13.2. The van der Waals surface area contributed by atoms with Gasteiger partial charge in [-0.2, -0.15) is 0 Å². The Hall–Kier alpha value is -3.43. The fourth-order valence-corrected chi connectivity index (χ4v) is 4.52. The van der Waals surface area contributed by atoms with Crippen molar-refractivity contribution in [1.82, 2.24) is 5.32 Å². The number of nitrogens with one attached hydrogen (secondary N) is 1. The van der Waals surface area contributed by atoms with E-state index in [1.165, 1.54) is 6.08 Å². The Morgan fingerprint density at radius 1 is 0.972 bits per heavy atom. The molecule has 0 spiro atoms. The van der Waals surface area contributed by atoms with Crippen LogP contribution in [0.5, 0.6) is 11.5 Å². The van der Waals surface area contributed by atoms with Crippen LogP contribution in [0.2, 0.25) is 0 Å². The van der Waals surface area contributed by atoms with Gasteiger partial charge in [-0.1, -0.05) is 45.8 Å². The average Bonchev–Trinajstić information content (AvgIpc) is 2.82. The molecular weight excluding hydrogens is 592 g/mol. The van der Waals surface area contributed by atoms with E-state index in [0.717, 1.165) is 20.5 Å². The number of carbonyl (C=O) groups is 3. The molecule has 0 aliphatic carbocycles. The van der Waals surface area contributed by atoms with Crippen LogP contribution in [0.3, 0.4) is 0 Å². The summed E-state index contributed by atoms with van der Waals surface area (Å²) in [6.45, 7) is 4.59. The molecular formula is C27H22Br2N2O5. The van der Waals surface area contributed by atoms with Crippen LogP contribution in [-0.4, -0.2) is 24.5 Å². The van der Waals surface area contributed by atoms with E-state index in [-0.39, 0.29) is 5.57 Å². The van der Waals surface area contributed by atoms with Gasteiger partial charge in [-0.3, -0.25) is 14.9 Å². The Balaban J connectivity index is 1.65. The molecule has 4 rings (SSSR count). The topological polar surface area (TPSA) is 84.9 Å². The number of ether oxygens (including phenoxy) is 2. The number of anilines is 1. The molecule has 0 saturated carbocycles. The highest BCUT2D eigenvalue weighted by atomic mass is 79.9. The maximum absolute atomic E-state index is 13.2. The van der Waals surface area contributed by atoms with Gasteiger partial charge >= 0.3 is 6.03 Å². The highest BCUT2D eigenvalue weighted by Gasteiger charge is 2.36. The van der Waals surface area contributed by atoms with Crippen molar-refractivity contribution in [3.8, 4) is 11.5 Å². The number of nitrogens with zero attached hydrogens (tertiary/aromatic N) is 1. The van der Waals surface area contributed by atoms with Crippen molar-refractivity contribution < 1.29 is 23.9 Å². The highest BCUT2D eigenvalue weighted by molar-refractivity contribution is 9.10. The fourth-order valence-electron chi connectivity index (χ4n) is 3.68. The maximum atomic E-state index is 13.2. The highest BCUT2D eigenvalue weighted by Crippen LogP contribution is 2.38. The molecule has 9 heteroatoms. The molecule has 1 N–H and O–H groups in total. The molecule has 3 aromatic carbocycles. The zero-order valence-electron chi connectivity index (χ0n) is 19.5. The van der Waals surface area contributed by atoms with Gasteiger partial charge in [0.2, 0.25) is 0 Å². The largest absolute Gasteiger partial charge is 0.490 e. The summed E-state index contributed by atoms with van der Waals surface area (Å²) in [5.74, 6) is -0.533. The third-order valence-corrected chi connectivity index (χ3v) is 6.41. The molecule has 0 bridgehead atoms. The number of hydrogen-bond acceptors (Lipinski definition) is 5. The summed E-state index contributed by atoms with van der Waals surface area (Å²) in [4.78, 5) is 39.1. The van der Waals surface area contributed by atoms with Crippen molar-refractivity contribution >= 4 is 61.5 Å². The van der Waals surface area contributed by atoms with E-state index >= 15 is 0 Å². The number of halogens is 2. The van der Waals surface area contributed by atoms with Crippen LogP contribution >= 0.6 is 31.9 Å². The van der Waals surface area contributed by atoms with E-state index in [9.17, 15) is 14.4 Å². The Morgan fingerprint density at radius 3 is 2.42 bits per heavy atom. The minimum absolute atomic E-state index is 0.180. The van der Waals surface area contributed by atoms with Gasteiger partial charge in [0.1, 0.15) is 12.2 Å². The average molecular weight is 614 g/mol. The Bertz CT molecular complexity index is 1370. The summed E-state index contributed by atoms with van der Waals surface area (Å²) in [6, 6.07) is 17.2. The second kappa shape index (κ2) is 11.1.